The quantitative estimate of drug-likeness (QED) is 0.804. The van der Waals surface area contributed by atoms with Crippen molar-refractivity contribution < 1.29 is 4.39 Å². The molecule has 0 unspecified atom stereocenters. The van der Waals surface area contributed by atoms with Crippen LogP contribution in [0, 0.1) is 11.2 Å². The first-order valence-corrected chi connectivity index (χ1v) is 6.59. The van der Waals surface area contributed by atoms with Crippen LogP contribution in [-0.2, 0) is 0 Å². The zero-order valence-electron chi connectivity index (χ0n) is 9.76. The summed E-state index contributed by atoms with van der Waals surface area (Å²) in [5.74, 6) is -0.178. The molecule has 1 nitrogen and oxygen atoms in total. The Morgan fingerprint density at radius 1 is 1.31 bits per heavy atom. The Bertz CT molecular complexity index is 380. The minimum Gasteiger partial charge on any atom is -0.370 e. The van der Waals surface area contributed by atoms with Crippen molar-refractivity contribution >= 4 is 21.6 Å². The zero-order valence-corrected chi connectivity index (χ0v) is 11.3. The molecule has 3 heteroatoms. The maximum Gasteiger partial charge on any atom is 0.139 e. The van der Waals surface area contributed by atoms with E-state index in [9.17, 15) is 4.39 Å². The Hall–Kier alpha value is -0.570. The predicted octanol–water partition coefficient (Wildman–Crippen LogP) is 4.21. The van der Waals surface area contributed by atoms with Gasteiger partial charge in [0.1, 0.15) is 5.82 Å². The van der Waals surface area contributed by atoms with Crippen LogP contribution in [0.1, 0.15) is 26.7 Å². The van der Waals surface area contributed by atoms with Gasteiger partial charge in [-0.3, -0.25) is 0 Å². The molecule has 1 fully saturated rings. The van der Waals surface area contributed by atoms with Gasteiger partial charge in [0, 0.05) is 24.2 Å². The van der Waals surface area contributed by atoms with E-state index in [1.165, 1.54) is 12.8 Å². The monoisotopic (exact) mass is 285 g/mol. The third-order valence-electron chi connectivity index (χ3n) is 3.82. The molecule has 2 rings (SSSR count). The van der Waals surface area contributed by atoms with E-state index < -0.39 is 0 Å². The van der Waals surface area contributed by atoms with E-state index in [0.29, 0.717) is 9.89 Å². The lowest BCUT2D eigenvalue weighted by Gasteiger charge is -2.51. The van der Waals surface area contributed by atoms with Gasteiger partial charge in [0.2, 0.25) is 0 Å². The number of halogens is 2. The smallest absolute Gasteiger partial charge is 0.139 e. The van der Waals surface area contributed by atoms with E-state index in [1.807, 2.05) is 6.07 Å². The van der Waals surface area contributed by atoms with E-state index in [-0.39, 0.29) is 5.82 Å². The van der Waals surface area contributed by atoms with Gasteiger partial charge in [-0.25, -0.2) is 4.39 Å². The molecule has 0 aromatic heterocycles. The van der Waals surface area contributed by atoms with Crippen molar-refractivity contribution in [2.24, 2.45) is 5.41 Å². The molecule has 0 bridgehead atoms. The Labute approximate surface area is 105 Å². The lowest BCUT2D eigenvalue weighted by atomic mass is 9.75. The van der Waals surface area contributed by atoms with Gasteiger partial charge in [0.15, 0.2) is 0 Å². The fourth-order valence-electron chi connectivity index (χ4n) is 2.32. The SMILES string of the molecule is CCC1(CC)CN(c2ccc(Br)c(F)c2)C1. The average molecular weight is 286 g/mol. The fourth-order valence-corrected chi connectivity index (χ4v) is 2.57. The van der Waals surface area contributed by atoms with Crippen LogP contribution < -0.4 is 4.90 Å². The summed E-state index contributed by atoms with van der Waals surface area (Å²) in [5.41, 5.74) is 1.46. The van der Waals surface area contributed by atoms with E-state index in [4.69, 9.17) is 0 Å². The lowest BCUT2D eigenvalue weighted by molar-refractivity contribution is 0.194. The van der Waals surface area contributed by atoms with Crippen LogP contribution in [0.3, 0.4) is 0 Å². The molecule has 1 heterocycles. The minimum absolute atomic E-state index is 0.178. The maximum atomic E-state index is 13.4. The van der Waals surface area contributed by atoms with Crippen LogP contribution in [0.4, 0.5) is 10.1 Å². The van der Waals surface area contributed by atoms with E-state index in [0.717, 1.165) is 18.8 Å². The summed E-state index contributed by atoms with van der Waals surface area (Å²) in [6.07, 6.45) is 2.41. The summed E-state index contributed by atoms with van der Waals surface area (Å²) < 4.78 is 13.9. The number of rotatable bonds is 3. The van der Waals surface area contributed by atoms with Crippen molar-refractivity contribution in [3.05, 3.63) is 28.5 Å². The lowest BCUT2D eigenvalue weighted by Crippen LogP contribution is -2.55. The molecule has 16 heavy (non-hydrogen) atoms. The van der Waals surface area contributed by atoms with Gasteiger partial charge in [-0.05, 0) is 47.0 Å². The molecule has 0 amide bonds. The summed E-state index contributed by atoms with van der Waals surface area (Å²) in [5, 5.41) is 0. The summed E-state index contributed by atoms with van der Waals surface area (Å²) >= 11 is 3.17. The van der Waals surface area contributed by atoms with Crippen LogP contribution in [0.15, 0.2) is 22.7 Å². The second-order valence-electron chi connectivity index (χ2n) is 4.66. The van der Waals surface area contributed by atoms with Crippen LogP contribution in [0.5, 0.6) is 0 Å². The Balaban J connectivity index is 2.09. The molecule has 0 atom stereocenters. The average Bonchev–Trinajstić information content (AvgIpc) is 2.23. The van der Waals surface area contributed by atoms with E-state index in [2.05, 4.69) is 34.7 Å². The standard InChI is InChI=1S/C13H17BrFN/c1-3-13(4-2)8-16(9-13)10-5-6-11(14)12(15)7-10/h5-7H,3-4,8-9H2,1-2H3. The summed E-state index contributed by atoms with van der Waals surface area (Å²) in [7, 11) is 0. The first-order chi connectivity index (χ1) is 7.60. The minimum atomic E-state index is -0.178. The molecule has 0 N–H and O–H groups in total. The molecule has 1 aliphatic rings. The van der Waals surface area contributed by atoms with Crippen molar-refractivity contribution in [1.82, 2.24) is 0 Å². The van der Waals surface area contributed by atoms with Crippen LogP contribution >= 0.6 is 15.9 Å². The van der Waals surface area contributed by atoms with Gasteiger partial charge in [0.05, 0.1) is 4.47 Å². The van der Waals surface area contributed by atoms with Crippen molar-refractivity contribution in [1.29, 1.82) is 0 Å². The summed E-state index contributed by atoms with van der Waals surface area (Å²) in [6.45, 7) is 6.59. The molecule has 1 saturated heterocycles. The molecule has 1 aliphatic heterocycles. The fraction of sp³-hybridized carbons (Fsp3) is 0.538. The molecule has 0 saturated carbocycles. The number of hydrogen-bond donors (Lipinski definition) is 0. The molecule has 0 radical (unpaired) electrons. The summed E-state index contributed by atoms with van der Waals surface area (Å²) in [6, 6.07) is 5.37. The van der Waals surface area contributed by atoms with Crippen molar-refractivity contribution in [2.75, 3.05) is 18.0 Å². The van der Waals surface area contributed by atoms with Crippen LogP contribution in [0.2, 0.25) is 0 Å². The molecular weight excluding hydrogens is 269 g/mol. The van der Waals surface area contributed by atoms with Gasteiger partial charge in [0.25, 0.3) is 0 Å². The molecular formula is C13H17BrFN. The number of anilines is 1. The molecule has 1 aromatic rings. The van der Waals surface area contributed by atoms with Crippen molar-refractivity contribution in [3.8, 4) is 0 Å². The first kappa shape index (κ1) is 11.9. The van der Waals surface area contributed by atoms with Crippen LogP contribution in [-0.4, -0.2) is 13.1 Å². The molecule has 1 aromatic carbocycles. The van der Waals surface area contributed by atoms with Crippen LogP contribution in [0.25, 0.3) is 0 Å². The molecule has 0 aliphatic carbocycles. The predicted molar refractivity (Wildman–Crippen MR) is 69.3 cm³/mol. The van der Waals surface area contributed by atoms with Gasteiger partial charge >= 0.3 is 0 Å². The third kappa shape index (κ3) is 1.97. The zero-order chi connectivity index (χ0) is 11.8. The normalized spacial score (nSPS) is 18.4. The first-order valence-electron chi connectivity index (χ1n) is 5.80. The van der Waals surface area contributed by atoms with Gasteiger partial charge in [-0.15, -0.1) is 0 Å². The van der Waals surface area contributed by atoms with Gasteiger partial charge in [-0.2, -0.15) is 0 Å². The van der Waals surface area contributed by atoms with Gasteiger partial charge in [-0.1, -0.05) is 13.8 Å². The second-order valence-corrected chi connectivity index (χ2v) is 5.52. The van der Waals surface area contributed by atoms with Crippen molar-refractivity contribution in [2.45, 2.75) is 26.7 Å². The molecule has 88 valence electrons. The maximum absolute atomic E-state index is 13.4. The number of nitrogens with zero attached hydrogens (tertiary/aromatic N) is 1. The highest BCUT2D eigenvalue weighted by atomic mass is 79.9. The Kier molecular flexibility index (Phi) is 3.24. The number of benzene rings is 1. The Morgan fingerprint density at radius 3 is 2.44 bits per heavy atom. The number of hydrogen-bond acceptors (Lipinski definition) is 1. The highest BCUT2D eigenvalue weighted by Gasteiger charge is 2.39. The topological polar surface area (TPSA) is 3.24 Å². The highest BCUT2D eigenvalue weighted by Crippen LogP contribution is 2.40. The summed E-state index contributed by atoms with van der Waals surface area (Å²) in [4.78, 5) is 2.25. The third-order valence-corrected chi connectivity index (χ3v) is 4.46. The van der Waals surface area contributed by atoms with E-state index >= 15 is 0 Å². The Morgan fingerprint density at radius 2 is 1.94 bits per heavy atom. The molecule has 0 spiro atoms. The highest BCUT2D eigenvalue weighted by molar-refractivity contribution is 9.10. The van der Waals surface area contributed by atoms with Gasteiger partial charge < -0.3 is 4.90 Å². The largest absolute Gasteiger partial charge is 0.370 e. The van der Waals surface area contributed by atoms with Crippen molar-refractivity contribution in [3.63, 3.8) is 0 Å². The second kappa shape index (κ2) is 4.36. The van der Waals surface area contributed by atoms with E-state index in [1.54, 1.807) is 12.1 Å².